The minimum Gasteiger partial charge on any atom is -0.453 e. The molecule has 0 aromatic carbocycles. The van der Waals surface area contributed by atoms with Crippen molar-refractivity contribution in [3.63, 3.8) is 0 Å². The van der Waals surface area contributed by atoms with Crippen LogP contribution in [0.3, 0.4) is 0 Å². The third kappa shape index (κ3) is 3.19. The lowest BCUT2D eigenvalue weighted by Gasteiger charge is -2.37. The Bertz CT molecular complexity index is 751. The summed E-state index contributed by atoms with van der Waals surface area (Å²) >= 11 is 0. The first-order valence-electron chi connectivity index (χ1n) is 8.51. The Balaban J connectivity index is 1.58. The molecule has 2 fully saturated rings. The maximum Gasteiger partial charge on any atom is 0.290 e. The van der Waals surface area contributed by atoms with E-state index in [-0.39, 0.29) is 17.8 Å². The molecular formula is C17H21N3O5. The highest BCUT2D eigenvalue weighted by Crippen LogP contribution is 2.39. The van der Waals surface area contributed by atoms with Crippen molar-refractivity contribution in [2.45, 2.75) is 44.4 Å². The second-order valence-corrected chi connectivity index (χ2v) is 6.48. The van der Waals surface area contributed by atoms with Crippen LogP contribution in [-0.2, 0) is 16.1 Å². The molecule has 134 valence electrons. The van der Waals surface area contributed by atoms with Crippen molar-refractivity contribution in [2.75, 3.05) is 20.3 Å². The minimum atomic E-state index is -0.419. The zero-order valence-corrected chi connectivity index (χ0v) is 14.3. The highest BCUT2D eigenvalue weighted by atomic mass is 16.5. The molecule has 8 heteroatoms. The molecular weight excluding hydrogens is 326 g/mol. The molecule has 4 rings (SSSR count). The molecule has 2 aromatic rings. The number of carbonyl (C=O) groups excluding carboxylic acids is 1. The van der Waals surface area contributed by atoms with Crippen molar-refractivity contribution in [1.82, 2.24) is 15.0 Å². The molecule has 0 unspecified atom stereocenters. The van der Waals surface area contributed by atoms with Crippen molar-refractivity contribution in [1.29, 1.82) is 0 Å². The molecule has 2 atom stereocenters. The molecule has 1 saturated carbocycles. The Kier molecular flexibility index (Phi) is 4.30. The number of rotatable bonds is 5. The van der Waals surface area contributed by atoms with Gasteiger partial charge in [-0.25, -0.2) is 0 Å². The molecule has 3 heterocycles. The predicted molar refractivity (Wildman–Crippen MR) is 84.9 cm³/mol. The van der Waals surface area contributed by atoms with Crippen molar-refractivity contribution >= 4 is 5.91 Å². The van der Waals surface area contributed by atoms with Crippen LogP contribution < -0.4 is 0 Å². The van der Waals surface area contributed by atoms with Gasteiger partial charge in [0.1, 0.15) is 18.4 Å². The summed E-state index contributed by atoms with van der Waals surface area (Å²) < 4.78 is 21.8. The lowest BCUT2D eigenvalue weighted by atomic mass is 10.1. The maximum absolute atomic E-state index is 12.9. The van der Waals surface area contributed by atoms with Gasteiger partial charge in [0.2, 0.25) is 0 Å². The second-order valence-electron chi connectivity index (χ2n) is 6.48. The first kappa shape index (κ1) is 16.3. The smallest absolute Gasteiger partial charge is 0.290 e. The number of hydrogen-bond donors (Lipinski definition) is 0. The van der Waals surface area contributed by atoms with Gasteiger partial charge in [0, 0.05) is 19.6 Å². The summed E-state index contributed by atoms with van der Waals surface area (Å²) in [6, 6.07) is 2.99. The fourth-order valence-corrected chi connectivity index (χ4v) is 3.11. The van der Waals surface area contributed by atoms with Gasteiger partial charge in [-0.1, -0.05) is 5.16 Å². The molecule has 8 nitrogen and oxygen atoms in total. The Morgan fingerprint density at radius 1 is 1.40 bits per heavy atom. The summed E-state index contributed by atoms with van der Waals surface area (Å²) in [5.74, 6) is 2.20. The van der Waals surface area contributed by atoms with E-state index in [2.05, 4.69) is 10.1 Å². The zero-order valence-electron chi connectivity index (χ0n) is 14.3. The zero-order chi connectivity index (χ0) is 17.4. The van der Waals surface area contributed by atoms with Gasteiger partial charge in [-0.05, 0) is 31.9 Å². The quantitative estimate of drug-likeness (QED) is 0.819. The van der Waals surface area contributed by atoms with Crippen LogP contribution in [-0.4, -0.2) is 47.3 Å². The number of carbonyl (C=O) groups is 1. The number of hydrogen-bond acceptors (Lipinski definition) is 7. The predicted octanol–water partition coefficient (Wildman–Crippen LogP) is 2.29. The molecule has 2 aliphatic rings. The van der Waals surface area contributed by atoms with Crippen molar-refractivity contribution in [3.05, 3.63) is 35.4 Å². The average molecular weight is 347 g/mol. The van der Waals surface area contributed by atoms with Gasteiger partial charge < -0.3 is 23.3 Å². The highest BCUT2D eigenvalue weighted by molar-refractivity contribution is 5.92. The van der Waals surface area contributed by atoms with Gasteiger partial charge in [0.15, 0.2) is 11.6 Å². The number of aromatic nitrogens is 2. The van der Waals surface area contributed by atoms with Gasteiger partial charge in [-0.3, -0.25) is 4.79 Å². The summed E-state index contributed by atoms with van der Waals surface area (Å²) in [5, 5.41) is 4.06. The third-order valence-electron chi connectivity index (χ3n) is 4.57. The van der Waals surface area contributed by atoms with Gasteiger partial charge in [0.25, 0.3) is 11.8 Å². The third-order valence-corrected chi connectivity index (χ3v) is 4.57. The Morgan fingerprint density at radius 2 is 2.24 bits per heavy atom. The summed E-state index contributed by atoms with van der Waals surface area (Å²) in [4.78, 5) is 19.1. The molecule has 1 saturated heterocycles. The van der Waals surface area contributed by atoms with Crippen LogP contribution in [0.1, 0.15) is 59.8 Å². The number of amides is 1. The fraction of sp³-hybridized carbons (Fsp3) is 0.588. The minimum absolute atomic E-state index is 0.214. The maximum atomic E-state index is 12.9. The molecule has 1 amide bonds. The summed E-state index contributed by atoms with van der Waals surface area (Å²) in [6.45, 7) is 3.13. The number of furan rings is 1. The van der Waals surface area contributed by atoms with Crippen molar-refractivity contribution in [3.8, 4) is 0 Å². The summed E-state index contributed by atoms with van der Waals surface area (Å²) in [5.41, 5.74) is 0. The molecule has 1 aliphatic carbocycles. The number of ether oxygens (including phenoxy) is 2. The monoisotopic (exact) mass is 347 g/mol. The van der Waals surface area contributed by atoms with E-state index in [4.69, 9.17) is 18.4 Å². The van der Waals surface area contributed by atoms with Gasteiger partial charge in [-0.2, -0.15) is 4.98 Å². The van der Waals surface area contributed by atoms with Crippen LogP contribution in [0, 0.1) is 0 Å². The van der Waals surface area contributed by atoms with Gasteiger partial charge in [-0.15, -0.1) is 0 Å². The van der Waals surface area contributed by atoms with E-state index in [0.29, 0.717) is 37.3 Å². The molecule has 0 N–H and O–H groups in total. The van der Waals surface area contributed by atoms with E-state index in [1.165, 1.54) is 0 Å². The first-order chi connectivity index (χ1) is 12.2. The van der Waals surface area contributed by atoms with Crippen molar-refractivity contribution < 1.29 is 23.2 Å². The van der Waals surface area contributed by atoms with Crippen LogP contribution in [0.2, 0.25) is 0 Å². The lowest BCUT2D eigenvalue weighted by molar-refractivity contribution is -0.0609. The van der Waals surface area contributed by atoms with Crippen LogP contribution in [0.4, 0.5) is 0 Å². The van der Waals surface area contributed by atoms with E-state index >= 15 is 0 Å². The van der Waals surface area contributed by atoms with E-state index in [1.54, 1.807) is 24.1 Å². The number of nitrogens with zero attached hydrogens (tertiary/aromatic N) is 3. The summed E-state index contributed by atoms with van der Waals surface area (Å²) in [6.07, 6.45) is 1.94. The lowest BCUT2D eigenvalue weighted by Crippen LogP contribution is -2.47. The van der Waals surface area contributed by atoms with E-state index < -0.39 is 6.04 Å². The van der Waals surface area contributed by atoms with Crippen LogP contribution in [0.25, 0.3) is 0 Å². The van der Waals surface area contributed by atoms with Crippen LogP contribution in [0.5, 0.6) is 0 Å². The largest absolute Gasteiger partial charge is 0.453 e. The van der Waals surface area contributed by atoms with Crippen molar-refractivity contribution in [2.24, 2.45) is 0 Å². The summed E-state index contributed by atoms with van der Waals surface area (Å²) in [7, 11) is 1.58. The van der Waals surface area contributed by atoms with Gasteiger partial charge >= 0.3 is 0 Å². The fourth-order valence-electron chi connectivity index (χ4n) is 3.11. The highest BCUT2D eigenvalue weighted by Gasteiger charge is 2.40. The number of methoxy groups -OCH3 is 1. The van der Waals surface area contributed by atoms with E-state index in [0.717, 1.165) is 18.7 Å². The molecule has 1 aliphatic heterocycles. The number of morpholine rings is 1. The Hall–Kier alpha value is -2.19. The molecule has 2 aromatic heterocycles. The van der Waals surface area contributed by atoms with Crippen LogP contribution >= 0.6 is 0 Å². The Labute approximate surface area is 145 Å². The Morgan fingerprint density at radius 3 is 3.00 bits per heavy atom. The molecule has 25 heavy (non-hydrogen) atoms. The standard InChI is InChI=1S/C17H21N3O5/c1-10-14(16-18-15(19-25-16)11-3-4-11)20(7-8-23-10)17(21)13-6-5-12(24-13)9-22-2/h5-6,10-11,14H,3-4,7-9H2,1-2H3/t10-,14+/m1/s1. The van der Waals surface area contributed by atoms with E-state index in [1.807, 2.05) is 6.92 Å². The second kappa shape index (κ2) is 6.61. The average Bonchev–Trinajstić information content (AvgIpc) is 3.16. The first-order valence-corrected chi connectivity index (χ1v) is 8.51. The topological polar surface area (TPSA) is 90.8 Å². The molecule has 0 bridgehead atoms. The van der Waals surface area contributed by atoms with E-state index in [9.17, 15) is 4.79 Å². The molecule has 0 radical (unpaired) electrons. The molecule has 0 spiro atoms. The van der Waals surface area contributed by atoms with Gasteiger partial charge in [0.05, 0.1) is 12.7 Å². The SMILES string of the molecule is COCc1ccc(C(=O)N2CCO[C@H](C)[C@H]2c2nc(C3CC3)no2)o1. The normalized spacial score (nSPS) is 23.8. The van der Waals surface area contributed by atoms with Crippen LogP contribution in [0.15, 0.2) is 21.1 Å².